The molecular formula is C14H20ClN5. The number of pyridine rings is 1. The summed E-state index contributed by atoms with van der Waals surface area (Å²) in [5.41, 5.74) is 6.75. The number of hydrogen-bond donors (Lipinski definition) is 2. The number of aromatic nitrogens is 3. The van der Waals surface area contributed by atoms with Crippen molar-refractivity contribution in [2.75, 3.05) is 0 Å². The Balaban J connectivity index is 2.29. The normalized spacial score (nSPS) is 12.7. The minimum absolute atomic E-state index is 0.0903. The maximum Gasteiger partial charge on any atom is 0.0850 e. The first kappa shape index (κ1) is 15.0. The van der Waals surface area contributed by atoms with E-state index in [1.54, 1.807) is 6.20 Å². The first-order valence-electron chi connectivity index (χ1n) is 6.65. The second-order valence-corrected chi connectivity index (χ2v) is 5.24. The third-order valence-corrected chi connectivity index (χ3v) is 3.83. The quantitative estimate of drug-likeness (QED) is 0.654. The van der Waals surface area contributed by atoms with Gasteiger partial charge in [-0.25, -0.2) is 0 Å². The minimum Gasteiger partial charge on any atom is -0.271 e. The second-order valence-electron chi connectivity index (χ2n) is 4.87. The van der Waals surface area contributed by atoms with Gasteiger partial charge in [0.15, 0.2) is 0 Å². The molecule has 0 aliphatic rings. The SMILES string of the molecule is CCc1nn(C)c(CC(NN)c2cc(C)ccn2)c1Cl. The van der Waals surface area contributed by atoms with E-state index in [9.17, 15) is 0 Å². The Labute approximate surface area is 124 Å². The van der Waals surface area contributed by atoms with Crippen molar-refractivity contribution in [3.63, 3.8) is 0 Å². The summed E-state index contributed by atoms with van der Waals surface area (Å²) in [7, 11) is 1.90. The highest BCUT2D eigenvalue weighted by Crippen LogP contribution is 2.25. The van der Waals surface area contributed by atoms with Crippen LogP contribution in [0.15, 0.2) is 18.3 Å². The van der Waals surface area contributed by atoms with E-state index in [1.165, 1.54) is 0 Å². The molecule has 0 saturated heterocycles. The molecule has 0 aliphatic carbocycles. The molecule has 2 aromatic rings. The van der Waals surface area contributed by atoms with Gasteiger partial charge in [-0.05, 0) is 31.0 Å². The Kier molecular flexibility index (Phi) is 4.75. The zero-order valence-corrected chi connectivity index (χ0v) is 12.8. The number of aryl methyl sites for hydroxylation is 3. The van der Waals surface area contributed by atoms with Crippen molar-refractivity contribution in [3.05, 3.63) is 46.0 Å². The topological polar surface area (TPSA) is 68.8 Å². The molecule has 0 fully saturated rings. The van der Waals surface area contributed by atoms with Crippen LogP contribution in [0.5, 0.6) is 0 Å². The molecule has 20 heavy (non-hydrogen) atoms. The molecule has 2 aromatic heterocycles. The molecule has 6 heteroatoms. The zero-order valence-electron chi connectivity index (χ0n) is 12.0. The number of rotatable bonds is 5. The van der Waals surface area contributed by atoms with Crippen LogP contribution in [0, 0.1) is 6.92 Å². The van der Waals surface area contributed by atoms with E-state index >= 15 is 0 Å². The highest BCUT2D eigenvalue weighted by atomic mass is 35.5. The van der Waals surface area contributed by atoms with Crippen LogP contribution < -0.4 is 11.3 Å². The molecular weight excluding hydrogens is 274 g/mol. The number of nitrogens with one attached hydrogen (secondary N) is 1. The van der Waals surface area contributed by atoms with Crippen LogP contribution in [0.2, 0.25) is 5.02 Å². The number of nitrogens with zero attached hydrogens (tertiary/aromatic N) is 3. The van der Waals surface area contributed by atoms with Crippen LogP contribution >= 0.6 is 11.6 Å². The molecule has 0 bridgehead atoms. The van der Waals surface area contributed by atoms with Gasteiger partial charge in [0.2, 0.25) is 0 Å². The van der Waals surface area contributed by atoms with Gasteiger partial charge in [0.1, 0.15) is 0 Å². The van der Waals surface area contributed by atoms with Crippen LogP contribution in [0.4, 0.5) is 0 Å². The van der Waals surface area contributed by atoms with E-state index in [2.05, 4.69) is 15.5 Å². The summed E-state index contributed by atoms with van der Waals surface area (Å²) in [6, 6.07) is 3.89. The Morgan fingerprint density at radius 1 is 1.50 bits per heavy atom. The van der Waals surface area contributed by atoms with Gasteiger partial charge >= 0.3 is 0 Å². The van der Waals surface area contributed by atoms with Crippen molar-refractivity contribution in [1.82, 2.24) is 20.2 Å². The van der Waals surface area contributed by atoms with Gasteiger partial charge in [-0.2, -0.15) is 5.10 Å². The van der Waals surface area contributed by atoms with Crippen molar-refractivity contribution in [1.29, 1.82) is 0 Å². The summed E-state index contributed by atoms with van der Waals surface area (Å²) in [5, 5.41) is 5.15. The minimum atomic E-state index is -0.0903. The third-order valence-electron chi connectivity index (χ3n) is 3.40. The first-order chi connectivity index (χ1) is 9.56. The highest BCUT2D eigenvalue weighted by molar-refractivity contribution is 6.31. The number of hydrazine groups is 1. The molecule has 0 saturated carbocycles. The van der Waals surface area contributed by atoms with Crippen molar-refractivity contribution >= 4 is 11.6 Å². The lowest BCUT2D eigenvalue weighted by molar-refractivity contribution is 0.518. The Morgan fingerprint density at radius 2 is 2.25 bits per heavy atom. The van der Waals surface area contributed by atoms with Gasteiger partial charge in [-0.3, -0.25) is 20.9 Å². The largest absolute Gasteiger partial charge is 0.271 e. The van der Waals surface area contributed by atoms with Crippen molar-refractivity contribution in [3.8, 4) is 0 Å². The van der Waals surface area contributed by atoms with Crippen molar-refractivity contribution in [2.24, 2.45) is 12.9 Å². The maximum atomic E-state index is 6.38. The Morgan fingerprint density at radius 3 is 2.80 bits per heavy atom. The lowest BCUT2D eigenvalue weighted by Gasteiger charge is -2.16. The van der Waals surface area contributed by atoms with Gasteiger partial charge in [0, 0.05) is 19.7 Å². The predicted molar refractivity (Wildman–Crippen MR) is 80.3 cm³/mol. The second kappa shape index (κ2) is 6.35. The maximum absolute atomic E-state index is 6.38. The van der Waals surface area contributed by atoms with Gasteiger partial charge < -0.3 is 0 Å². The standard InChI is InChI=1S/C14H20ClN5/c1-4-10-14(15)13(20(3)19-10)8-12(18-16)11-7-9(2)5-6-17-11/h5-7,12,18H,4,8,16H2,1-3H3. The molecule has 1 unspecified atom stereocenters. The van der Waals surface area contributed by atoms with Gasteiger partial charge in [-0.1, -0.05) is 18.5 Å². The summed E-state index contributed by atoms with van der Waals surface area (Å²) in [6.45, 7) is 4.07. The zero-order chi connectivity index (χ0) is 14.7. The molecule has 0 radical (unpaired) electrons. The Bertz CT molecular complexity index is 593. The van der Waals surface area contributed by atoms with Crippen molar-refractivity contribution in [2.45, 2.75) is 32.7 Å². The van der Waals surface area contributed by atoms with Crippen molar-refractivity contribution < 1.29 is 0 Å². The molecule has 0 amide bonds. The van der Waals surface area contributed by atoms with Gasteiger partial charge in [0.05, 0.1) is 28.1 Å². The molecule has 0 spiro atoms. The number of halogens is 1. The van der Waals surface area contributed by atoms with Crippen LogP contribution in [0.3, 0.4) is 0 Å². The monoisotopic (exact) mass is 293 g/mol. The molecule has 5 nitrogen and oxygen atoms in total. The summed E-state index contributed by atoms with van der Waals surface area (Å²) < 4.78 is 1.82. The lowest BCUT2D eigenvalue weighted by Crippen LogP contribution is -2.31. The van der Waals surface area contributed by atoms with E-state index in [1.807, 2.05) is 37.7 Å². The average molecular weight is 294 g/mol. The number of hydrogen-bond acceptors (Lipinski definition) is 4. The summed E-state index contributed by atoms with van der Waals surface area (Å²) in [4.78, 5) is 4.38. The average Bonchev–Trinajstić information content (AvgIpc) is 2.71. The first-order valence-corrected chi connectivity index (χ1v) is 7.03. The molecule has 2 rings (SSSR count). The van der Waals surface area contributed by atoms with Gasteiger partial charge in [-0.15, -0.1) is 0 Å². The molecule has 108 valence electrons. The third kappa shape index (κ3) is 3.00. The fraction of sp³-hybridized carbons (Fsp3) is 0.429. The van der Waals surface area contributed by atoms with E-state index in [0.29, 0.717) is 6.42 Å². The fourth-order valence-corrected chi connectivity index (χ4v) is 2.60. The molecule has 0 aromatic carbocycles. The van der Waals surface area contributed by atoms with Crippen LogP contribution in [0.25, 0.3) is 0 Å². The van der Waals surface area contributed by atoms with Crippen LogP contribution in [0.1, 0.15) is 35.6 Å². The van der Waals surface area contributed by atoms with E-state index in [4.69, 9.17) is 17.4 Å². The Hall–Kier alpha value is -1.43. The van der Waals surface area contributed by atoms with Crippen LogP contribution in [-0.2, 0) is 19.9 Å². The predicted octanol–water partition coefficient (Wildman–Crippen LogP) is 2.09. The van der Waals surface area contributed by atoms with Gasteiger partial charge in [0.25, 0.3) is 0 Å². The smallest absolute Gasteiger partial charge is 0.0850 e. The van der Waals surface area contributed by atoms with E-state index in [-0.39, 0.29) is 6.04 Å². The van der Waals surface area contributed by atoms with E-state index in [0.717, 1.165) is 34.1 Å². The highest BCUT2D eigenvalue weighted by Gasteiger charge is 2.19. The summed E-state index contributed by atoms with van der Waals surface area (Å²) in [6.07, 6.45) is 3.25. The lowest BCUT2D eigenvalue weighted by atomic mass is 10.1. The molecule has 2 heterocycles. The fourth-order valence-electron chi connectivity index (χ4n) is 2.23. The van der Waals surface area contributed by atoms with E-state index < -0.39 is 0 Å². The molecule has 3 N–H and O–H groups in total. The summed E-state index contributed by atoms with van der Waals surface area (Å²) >= 11 is 6.38. The molecule has 1 atom stereocenters. The van der Waals surface area contributed by atoms with Crippen LogP contribution in [-0.4, -0.2) is 14.8 Å². The summed E-state index contributed by atoms with van der Waals surface area (Å²) in [5.74, 6) is 5.68. The number of nitrogens with two attached hydrogens (primary N) is 1. The molecule has 0 aliphatic heterocycles.